The monoisotopic (exact) mass is 522 g/mol. The highest BCUT2D eigenvalue weighted by Crippen LogP contribution is 2.17. The Morgan fingerprint density at radius 2 is 1.06 bits per heavy atom. The van der Waals surface area contributed by atoms with Gasteiger partial charge in [0.2, 0.25) is 21.7 Å². The number of carboxylic acid groups (broad SMARTS) is 2. The Morgan fingerprint density at radius 3 is 1.29 bits per heavy atom. The number of aliphatic carboxylic acids is 2. The molecule has 0 heterocycles. The van der Waals surface area contributed by atoms with Crippen LogP contribution in [-0.4, -0.2) is 52.9 Å². The topological polar surface area (TPSA) is 241 Å². The molecule has 15 heteroatoms. The summed E-state index contributed by atoms with van der Waals surface area (Å²) >= 11 is 0. The van der Waals surface area contributed by atoms with Crippen LogP contribution >= 0.6 is 0 Å². The molecule has 0 unspecified atom stereocenters. The summed E-state index contributed by atoms with van der Waals surface area (Å²) in [6.07, 6.45) is 2.93. The summed E-state index contributed by atoms with van der Waals surface area (Å²) in [6.45, 7) is 0. The van der Waals surface area contributed by atoms with Crippen molar-refractivity contribution in [2.75, 3.05) is 0 Å². The van der Waals surface area contributed by atoms with Crippen molar-refractivity contribution in [3.05, 3.63) is 85.0 Å². The quantitative estimate of drug-likeness (QED) is 0.159. The van der Waals surface area contributed by atoms with Crippen LogP contribution in [0.4, 0.5) is 0 Å². The molecule has 35 heavy (non-hydrogen) atoms. The van der Waals surface area contributed by atoms with Crippen LogP contribution < -0.4 is 31.1 Å². The molecule has 0 fully saturated rings. The van der Waals surface area contributed by atoms with Crippen LogP contribution in [0.25, 0.3) is 0 Å². The molecule has 188 valence electrons. The van der Waals surface area contributed by atoms with E-state index >= 15 is 0 Å². The number of primary amides is 2. The van der Waals surface area contributed by atoms with Gasteiger partial charge in [0, 0.05) is 24.3 Å². The summed E-state index contributed by atoms with van der Waals surface area (Å²) in [5, 5.41) is 27.4. The number of nitrogens with two attached hydrogens (primary N) is 4. The number of benzene rings is 2. The van der Waals surface area contributed by atoms with Crippen LogP contribution in [-0.2, 0) is 23.3 Å². The van der Waals surface area contributed by atoms with Crippen molar-refractivity contribution in [1.29, 1.82) is 0 Å². The first-order chi connectivity index (χ1) is 16.5. The van der Waals surface area contributed by atoms with Gasteiger partial charge >= 0.3 is 20.9 Å². The van der Waals surface area contributed by atoms with E-state index in [9.17, 15) is 19.2 Å². The average Bonchev–Trinajstić information content (AvgIpc) is 2.78. The predicted octanol–water partition coefficient (Wildman–Crippen LogP) is -1.26. The number of rotatable bonds is 10. The average molecular weight is 523 g/mol. The molecule has 0 aliphatic heterocycles. The summed E-state index contributed by atoms with van der Waals surface area (Å²) < 4.78 is 16.8. The zero-order chi connectivity index (χ0) is 26.7. The van der Waals surface area contributed by atoms with Gasteiger partial charge in [-0.25, -0.2) is 9.59 Å². The summed E-state index contributed by atoms with van der Waals surface area (Å²) in [6, 6.07) is 18.4. The molecule has 0 aromatic heterocycles. The van der Waals surface area contributed by atoms with E-state index in [2.05, 4.69) is 11.5 Å². The second kappa shape index (κ2) is 17.2. The molecule has 2 rings (SSSR count). The van der Waals surface area contributed by atoms with Crippen LogP contribution in [0.2, 0.25) is 0 Å². The van der Waals surface area contributed by atoms with Crippen molar-refractivity contribution < 1.29 is 42.4 Å². The molecule has 0 atom stereocenters. The van der Waals surface area contributed by atoms with Gasteiger partial charge in [0.05, 0.1) is 0 Å². The van der Waals surface area contributed by atoms with E-state index < -0.39 is 42.6 Å². The number of amides is 2. The Morgan fingerprint density at radius 1 is 0.714 bits per heavy atom. The number of hydrogen-bond donors (Lipinski definition) is 6. The third-order valence-electron chi connectivity index (χ3n) is 3.07. The molecular formula is C20H26N4O9Si2. The van der Waals surface area contributed by atoms with Crippen LogP contribution in [0.3, 0.4) is 0 Å². The molecule has 13 nitrogen and oxygen atoms in total. The third-order valence-corrected chi connectivity index (χ3v) is 6.39. The zero-order valence-corrected chi connectivity index (χ0v) is 20.8. The minimum atomic E-state index is -3.29. The minimum absolute atomic E-state index is 0.607. The molecule has 0 spiro atoms. The number of carbonyl (C=O) groups excluding carboxylic acids is 2. The maximum absolute atomic E-state index is 9.78. The van der Waals surface area contributed by atoms with Gasteiger partial charge in [0.15, 0.2) is 0 Å². The lowest BCUT2D eigenvalue weighted by Gasteiger charge is -2.25. The van der Waals surface area contributed by atoms with Gasteiger partial charge in [-0.15, -0.1) is 0 Å². The van der Waals surface area contributed by atoms with E-state index in [1.807, 2.05) is 36.4 Å². The first kappa shape index (κ1) is 30.7. The van der Waals surface area contributed by atoms with E-state index in [1.54, 1.807) is 24.3 Å². The Labute approximate surface area is 204 Å². The largest absolute Gasteiger partial charge is 0.720 e. The van der Waals surface area contributed by atoms with E-state index in [0.29, 0.717) is 23.7 Å². The van der Waals surface area contributed by atoms with Gasteiger partial charge < -0.3 is 40.0 Å². The molecule has 2 aromatic carbocycles. The van der Waals surface area contributed by atoms with Gasteiger partial charge in [0.1, 0.15) is 11.5 Å². The van der Waals surface area contributed by atoms with E-state index in [1.165, 1.54) is 0 Å². The lowest BCUT2D eigenvalue weighted by molar-refractivity contribution is -0.132. The molecule has 10 N–H and O–H groups in total. The first-order valence-corrected chi connectivity index (χ1v) is 12.7. The van der Waals surface area contributed by atoms with E-state index in [0.717, 1.165) is 12.2 Å². The summed E-state index contributed by atoms with van der Waals surface area (Å²) in [5.74, 6) is -2.66. The molecule has 0 saturated carbocycles. The predicted molar refractivity (Wildman–Crippen MR) is 130 cm³/mol. The number of para-hydroxylation sites is 2. The molecule has 0 aliphatic carbocycles. The maximum atomic E-state index is 9.78. The molecule has 2 aromatic rings. The van der Waals surface area contributed by atoms with E-state index in [4.69, 9.17) is 34.0 Å². The maximum Gasteiger partial charge on any atom is 0.720 e. The van der Waals surface area contributed by atoms with Crippen LogP contribution in [0, 0.1) is 0 Å². The first-order valence-electron chi connectivity index (χ1n) is 9.49. The zero-order valence-electron chi connectivity index (χ0n) is 18.4. The summed E-state index contributed by atoms with van der Waals surface area (Å²) in [5.41, 5.74) is 9.10. The van der Waals surface area contributed by atoms with Crippen molar-refractivity contribution in [2.45, 2.75) is 0 Å². The summed E-state index contributed by atoms with van der Waals surface area (Å²) in [4.78, 5) is 38.8. The smallest absolute Gasteiger partial charge is 0.481 e. The van der Waals surface area contributed by atoms with Gasteiger partial charge in [-0.05, 0) is 24.3 Å². The Balaban J connectivity index is 0.000000601. The highest BCUT2D eigenvalue weighted by molar-refractivity contribution is 6.63. The Bertz CT molecular complexity index is 899. The third kappa shape index (κ3) is 17.9. The Hall–Kier alpha value is -4.29. The van der Waals surface area contributed by atoms with Crippen molar-refractivity contribution in [1.82, 2.24) is 0 Å². The van der Waals surface area contributed by atoms with Crippen molar-refractivity contribution in [3.8, 4) is 11.5 Å². The standard InChI is InChI=1S/C12H16N2O3Si2.2C4H5NO3/c13-18-17-19(14,15-11-7-3-1-4-8-11)16-12-9-5-2-6-10-12;2*5-3(6)1-2-4(7)8/h1-10H,13-14,18H2;2*1-2H,(H2,5,6)(H,7,8)/b;2*2-1-. The van der Waals surface area contributed by atoms with Gasteiger partial charge in [-0.3, -0.25) is 15.0 Å². The van der Waals surface area contributed by atoms with Gasteiger partial charge in [-0.1, -0.05) is 36.4 Å². The molecule has 2 amide bonds. The fourth-order valence-corrected chi connectivity index (χ4v) is 4.18. The van der Waals surface area contributed by atoms with Gasteiger partial charge in [-0.2, -0.15) is 0 Å². The second-order valence-electron chi connectivity index (χ2n) is 5.89. The highest BCUT2D eigenvalue weighted by Gasteiger charge is 2.42. The fourth-order valence-electron chi connectivity index (χ4n) is 1.81. The SMILES string of the molecule is NC(=O)/C=C\C(=O)O.NC(=O)/C=C\C(=O)O.N[SiH2]O[Si](N)(Oc1ccccc1)Oc1ccccc1. The van der Waals surface area contributed by atoms with Gasteiger partial charge in [0.25, 0.3) is 0 Å². The number of carbonyl (C=O) groups is 4. The van der Waals surface area contributed by atoms with Crippen LogP contribution in [0.1, 0.15) is 0 Å². The summed E-state index contributed by atoms with van der Waals surface area (Å²) in [7, 11) is -4.53. The number of hydrogen-bond acceptors (Lipinski definition) is 9. The molecule has 0 radical (unpaired) electrons. The van der Waals surface area contributed by atoms with Crippen LogP contribution in [0.15, 0.2) is 85.0 Å². The second-order valence-corrected chi connectivity index (χ2v) is 9.00. The van der Waals surface area contributed by atoms with Crippen LogP contribution in [0.5, 0.6) is 11.5 Å². The molecule has 0 saturated heterocycles. The minimum Gasteiger partial charge on any atom is -0.481 e. The van der Waals surface area contributed by atoms with Crippen molar-refractivity contribution >= 4 is 42.6 Å². The number of carboxylic acids is 2. The van der Waals surface area contributed by atoms with Crippen molar-refractivity contribution in [2.24, 2.45) is 22.3 Å². The lowest BCUT2D eigenvalue weighted by atomic mass is 10.3. The fraction of sp³-hybridized carbons (Fsp3) is 0. The molecule has 0 bridgehead atoms. The highest BCUT2D eigenvalue weighted by atomic mass is 28.4. The molecular weight excluding hydrogens is 496 g/mol. The van der Waals surface area contributed by atoms with Crippen molar-refractivity contribution in [3.63, 3.8) is 0 Å². The molecule has 0 aliphatic rings. The normalized spacial score (nSPS) is 10.7. The Kier molecular flexibility index (Phi) is 15.1. The lowest BCUT2D eigenvalue weighted by Crippen LogP contribution is -2.62. The van der Waals surface area contributed by atoms with E-state index in [-0.39, 0.29) is 0 Å².